The van der Waals surface area contributed by atoms with Crippen LogP contribution in [0.4, 0.5) is 5.69 Å². The Morgan fingerprint density at radius 1 is 1.24 bits per heavy atom. The Morgan fingerprint density at radius 2 is 2.00 bits per heavy atom. The molecular weight excluding hydrogens is 528 g/mol. The number of likely N-dealkylation sites (N-methyl/N-ethyl adjacent to an activating group) is 1. The third kappa shape index (κ3) is 5.97. The Morgan fingerprint density at radius 3 is 2.68 bits per heavy atom. The van der Waals surface area contributed by atoms with Gasteiger partial charge in [-0.1, -0.05) is 6.07 Å². The second kappa shape index (κ2) is 11.2. The van der Waals surface area contributed by atoms with Gasteiger partial charge in [0.1, 0.15) is 0 Å². The van der Waals surface area contributed by atoms with E-state index in [1.807, 2.05) is 6.92 Å². The number of benzene rings is 2. The zero-order valence-corrected chi connectivity index (χ0v) is 20.9. The van der Waals surface area contributed by atoms with Gasteiger partial charge in [0.2, 0.25) is 0 Å². The Bertz CT molecular complexity index is 1200. The van der Waals surface area contributed by atoms with E-state index in [4.69, 9.17) is 9.47 Å². The average Bonchev–Trinajstić information content (AvgIpc) is 3.06. The van der Waals surface area contributed by atoms with Crippen molar-refractivity contribution in [2.45, 2.75) is 6.92 Å². The van der Waals surface area contributed by atoms with Crippen LogP contribution >= 0.6 is 27.7 Å². The summed E-state index contributed by atoms with van der Waals surface area (Å²) < 4.78 is 16.3. The molecule has 1 N–H and O–H groups in total. The SMILES string of the molecule is CCOc1cc(/C=C2/SC(=Nc3cccc(C(=O)O)c3)N(C)C2=O)cc(Br)c1OCC(=O)OC. The van der Waals surface area contributed by atoms with Gasteiger partial charge in [0.05, 0.1) is 34.3 Å². The highest BCUT2D eigenvalue weighted by Crippen LogP contribution is 2.39. The van der Waals surface area contributed by atoms with Crippen molar-refractivity contribution in [3.63, 3.8) is 0 Å². The molecule has 1 heterocycles. The van der Waals surface area contributed by atoms with Crippen LogP contribution in [-0.2, 0) is 14.3 Å². The minimum absolute atomic E-state index is 0.109. The largest absolute Gasteiger partial charge is 0.490 e. The van der Waals surface area contributed by atoms with Gasteiger partial charge in [-0.15, -0.1) is 0 Å². The molecule has 0 bridgehead atoms. The third-order valence-corrected chi connectivity index (χ3v) is 6.16. The zero-order chi connectivity index (χ0) is 24.8. The number of amidine groups is 1. The number of esters is 1. The molecular formula is C23H21BrN2O7S. The standard InChI is InChI=1S/C23H21BrN2O7S/c1-4-32-17-9-13(8-16(24)20(17)33-12-19(27)31-3)10-18-21(28)26(2)23(34-18)25-15-7-5-6-14(11-15)22(29)30/h5-11H,4,12H2,1-3H3,(H,29,30)/b18-10+,25-23?. The van der Waals surface area contributed by atoms with E-state index in [0.717, 1.165) is 0 Å². The molecule has 1 amide bonds. The van der Waals surface area contributed by atoms with Crippen molar-refractivity contribution in [2.75, 3.05) is 27.4 Å². The summed E-state index contributed by atoms with van der Waals surface area (Å²) in [4.78, 5) is 41.7. The minimum atomic E-state index is -1.05. The number of hydrogen-bond donors (Lipinski definition) is 1. The molecule has 178 valence electrons. The van der Waals surface area contributed by atoms with Gasteiger partial charge in [-0.2, -0.15) is 0 Å². The highest BCUT2D eigenvalue weighted by atomic mass is 79.9. The molecule has 1 aliphatic rings. The fourth-order valence-electron chi connectivity index (χ4n) is 2.89. The number of carbonyl (C=O) groups is 3. The highest BCUT2D eigenvalue weighted by molar-refractivity contribution is 9.10. The summed E-state index contributed by atoms with van der Waals surface area (Å²) in [5.74, 6) is -1.09. The van der Waals surface area contributed by atoms with Crippen molar-refractivity contribution >= 4 is 62.5 Å². The molecule has 0 saturated carbocycles. The van der Waals surface area contributed by atoms with Crippen molar-refractivity contribution in [3.05, 3.63) is 56.9 Å². The molecule has 1 fully saturated rings. The molecule has 0 unspecified atom stereocenters. The van der Waals surface area contributed by atoms with Crippen LogP contribution in [0.15, 0.2) is 50.8 Å². The lowest BCUT2D eigenvalue weighted by Crippen LogP contribution is -2.23. The first-order valence-electron chi connectivity index (χ1n) is 9.99. The number of thioether (sulfide) groups is 1. The van der Waals surface area contributed by atoms with E-state index in [9.17, 15) is 19.5 Å². The molecule has 0 aromatic heterocycles. The number of aromatic carboxylic acids is 1. The molecule has 1 saturated heterocycles. The predicted molar refractivity (Wildman–Crippen MR) is 132 cm³/mol. The van der Waals surface area contributed by atoms with E-state index < -0.39 is 11.9 Å². The molecule has 9 nitrogen and oxygen atoms in total. The Labute approximate surface area is 208 Å². The molecule has 0 atom stereocenters. The predicted octanol–water partition coefficient (Wildman–Crippen LogP) is 4.33. The van der Waals surface area contributed by atoms with Crippen molar-refractivity contribution < 1.29 is 33.7 Å². The van der Waals surface area contributed by atoms with Crippen molar-refractivity contribution in [3.8, 4) is 11.5 Å². The molecule has 0 radical (unpaired) electrons. The lowest BCUT2D eigenvalue weighted by atomic mass is 10.2. The summed E-state index contributed by atoms with van der Waals surface area (Å²) in [7, 11) is 2.87. The number of carboxylic acid groups (broad SMARTS) is 1. The van der Waals surface area contributed by atoms with Gasteiger partial charge >= 0.3 is 11.9 Å². The molecule has 2 aromatic carbocycles. The third-order valence-electron chi connectivity index (χ3n) is 4.51. The number of aliphatic imine (C=N–C) groups is 1. The number of methoxy groups -OCH3 is 1. The second-order valence-corrected chi connectivity index (χ2v) is 8.72. The molecule has 2 aromatic rings. The number of rotatable bonds is 8. The van der Waals surface area contributed by atoms with Gasteiger partial charge in [-0.05, 0) is 76.6 Å². The second-order valence-electron chi connectivity index (χ2n) is 6.85. The summed E-state index contributed by atoms with van der Waals surface area (Å²) in [5.41, 5.74) is 1.20. The maximum atomic E-state index is 12.8. The van der Waals surface area contributed by atoms with Crippen LogP contribution in [0.1, 0.15) is 22.8 Å². The van der Waals surface area contributed by atoms with Crippen LogP contribution in [0, 0.1) is 0 Å². The van der Waals surface area contributed by atoms with E-state index in [1.54, 1.807) is 37.4 Å². The van der Waals surface area contributed by atoms with Crippen molar-refractivity contribution in [1.82, 2.24) is 4.90 Å². The van der Waals surface area contributed by atoms with Gasteiger partial charge in [0.15, 0.2) is 23.3 Å². The molecule has 3 rings (SSSR count). The van der Waals surface area contributed by atoms with Crippen LogP contribution in [0.5, 0.6) is 11.5 Å². The molecule has 1 aliphatic heterocycles. The Kier molecular flexibility index (Phi) is 8.35. The van der Waals surface area contributed by atoms with Crippen LogP contribution in [0.3, 0.4) is 0 Å². The molecule has 0 aliphatic carbocycles. The van der Waals surface area contributed by atoms with E-state index in [1.165, 1.54) is 35.9 Å². The number of carbonyl (C=O) groups excluding carboxylic acids is 2. The van der Waals surface area contributed by atoms with Gasteiger partial charge in [-0.3, -0.25) is 9.69 Å². The first-order valence-corrected chi connectivity index (χ1v) is 11.6. The highest BCUT2D eigenvalue weighted by Gasteiger charge is 2.30. The van der Waals surface area contributed by atoms with E-state index in [2.05, 4.69) is 25.7 Å². The van der Waals surface area contributed by atoms with Crippen LogP contribution in [0.25, 0.3) is 6.08 Å². The fraction of sp³-hybridized carbons (Fsp3) is 0.217. The molecule has 0 spiro atoms. The van der Waals surface area contributed by atoms with Gasteiger partial charge in [0, 0.05) is 7.05 Å². The number of ether oxygens (including phenoxy) is 3. The lowest BCUT2D eigenvalue weighted by Gasteiger charge is -2.14. The number of hydrogen-bond acceptors (Lipinski definition) is 8. The van der Waals surface area contributed by atoms with E-state index in [-0.39, 0.29) is 18.1 Å². The normalized spacial score (nSPS) is 15.6. The summed E-state index contributed by atoms with van der Waals surface area (Å²) in [5, 5.41) is 9.59. The van der Waals surface area contributed by atoms with Crippen LogP contribution in [0.2, 0.25) is 0 Å². The van der Waals surface area contributed by atoms with Crippen molar-refractivity contribution in [1.29, 1.82) is 0 Å². The smallest absolute Gasteiger partial charge is 0.343 e. The molecule has 34 heavy (non-hydrogen) atoms. The number of amides is 1. The lowest BCUT2D eigenvalue weighted by molar-refractivity contribution is -0.143. The zero-order valence-electron chi connectivity index (χ0n) is 18.5. The topological polar surface area (TPSA) is 115 Å². The maximum absolute atomic E-state index is 12.8. The summed E-state index contributed by atoms with van der Waals surface area (Å²) >= 11 is 4.60. The van der Waals surface area contributed by atoms with Gasteiger partial charge in [0.25, 0.3) is 5.91 Å². The number of nitrogens with zero attached hydrogens (tertiary/aromatic N) is 2. The Balaban J connectivity index is 1.90. The van der Waals surface area contributed by atoms with Crippen LogP contribution < -0.4 is 9.47 Å². The van der Waals surface area contributed by atoms with Crippen molar-refractivity contribution in [2.24, 2.45) is 4.99 Å². The van der Waals surface area contributed by atoms with Gasteiger partial charge in [-0.25, -0.2) is 14.6 Å². The summed E-state index contributed by atoms with van der Waals surface area (Å²) in [6.45, 7) is 1.90. The number of carboxylic acids is 1. The first-order chi connectivity index (χ1) is 16.2. The molecule has 11 heteroatoms. The van der Waals surface area contributed by atoms with Gasteiger partial charge < -0.3 is 19.3 Å². The van der Waals surface area contributed by atoms with E-state index in [0.29, 0.717) is 43.9 Å². The monoisotopic (exact) mass is 548 g/mol. The fourth-order valence-corrected chi connectivity index (χ4v) is 4.45. The van der Waals surface area contributed by atoms with E-state index >= 15 is 0 Å². The summed E-state index contributed by atoms with van der Waals surface area (Å²) in [6.07, 6.45) is 1.69. The maximum Gasteiger partial charge on any atom is 0.343 e. The summed E-state index contributed by atoms with van der Waals surface area (Å²) in [6, 6.07) is 9.61. The Hall–Kier alpha value is -3.31. The number of halogens is 1. The average molecular weight is 549 g/mol. The van der Waals surface area contributed by atoms with Crippen LogP contribution in [-0.4, -0.2) is 60.4 Å². The quantitative estimate of drug-likeness (QED) is 0.382. The first kappa shape index (κ1) is 25.3. The minimum Gasteiger partial charge on any atom is -0.490 e.